The lowest BCUT2D eigenvalue weighted by atomic mass is 9.47. The van der Waals surface area contributed by atoms with Gasteiger partial charge in [-0.1, -0.05) is 65.5 Å². The Morgan fingerprint density at radius 1 is 1.10 bits per heavy atom. The lowest BCUT2D eigenvalue weighted by Crippen LogP contribution is -2.51. The van der Waals surface area contributed by atoms with Crippen molar-refractivity contribution in [1.82, 2.24) is 0 Å². The summed E-state index contributed by atoms with van der Waals surface area (Å²) in [5, 5.41) is 0. The molecule has 8 atom stereocenters. The van der Waals surface area contributed by atoms with Gasteiger partial charge in [-0.25, -0.2) is 4.79 Å². The maximum absolute atomic E-state index is 11.2. The van der Waals surface area contributed by atoms with Crippen molar-refractivity contribution in [2.75, 3.05) is 0 Å². The molecule has 0 saturated heterocycles. The molecule has 0 radical (unpaired) electrons. The third-order valence-electron chi connectivity index (χ3n) is 10.5. The van der Waals surface area contributed by atoms with E-state index in [-0.39, 0.29) is 6.10 Å². The Labute approximate surface area is 195 Å². The third kappa shape index (κ3) is 4.36. The van der Waals surface area contributed by atoms with Crippen LogP contribution in [0, 0.1) is 46.3 Å². The molecular formula is C28H45ClO2. The SMILES string of the molecule is CC(C)CCC[C@H](C)[C@H]1CC[C@H]2[C@@H]3CC=C4C[C@H](OC(=O)Cl)CC[C@]4(C)[C@H]3CC[C@]12C. The molecular weight excluding hydrogens is 404 g/mol. The van der Waals surface area contributed by atoms with Crippen molar-refractivity contribution < 1.29 is 9.53 Å². The van der Waals surface area contributed by atoms with Crippen LogP contribution >= 0.6 is 11.6 Å². The fourth-order valence-corrected chi connectivity index (χ4v) is 9.01. The van der Waals surface area contributed by atoms with E-state index in [0.29, 0.717) is 10.8 Å². The smallest absolute Gasteiger partial charge is 0.404 e. The van der Waals surface area contributed by atoms with Crippen LogP contribution in [0.15, 0.2) is 11.6 Å². The predicted octanol–water partition coefficient (Wildman–Crippen LogP) is 8.77. The molecule has 3 heteroatoms. The quantitative estimate of drug-likeness (QED) is 0.299. The number of carbonyl (C=O) groups excluding carboxylic acids is 1. The van der Waals surface area contributed by atoms with Crippen LogP contribution < -0.4 is 0 Å². The van der Waals surface area contributed by atoms with Crippen LogP contribution in [0.2, 0.25) is 0 Å². The molecule has 0 N–H and O–H groups in total. The van der Waals surface area contributed by atoms with Gasteiger partial charge in [0, 0.05) is 18.0 Å². The molecule has 0 amide bonds. The van der Waals surface area contributed by atoms with Crippen molar-refractivity contribution in [3.05, 3.63) is 11.6 Å². The molecule has 0 aliphatic heterocycles. The van der Waals surface area contributed by atoms with Gasteiger partial charge in [0.2, 0.25) is 0 Å². The maximum atomic E-state index is 11.2. The van der Waals surface area contributed by atoms with Crippen molar-refractivity contribution in [1.29, 1.82) is 0 Å². The van der Waals surface area contributed by atoms with Crippen LogP contribution in [-0.4, -0.2) is 11.5 Å². The standard InChI is InChI=1S/C28H45ClO2/c1-18(2)7-6-8-19(3)23-11-12-24-22-10-9-20-17-21(31-26(29)30)13-15-27(20,4)25(22)14-16-28(23,24)5/h9,18-19,21-25H,6-8,10-17H2,1-5H3/t19-,21+,22-,23+,24-,25-,27-,28+/m0/s1. The zero-order chi connectivity index (χ0) is 22.4. The van der Waals surface area contributed by atoms with Gasteiger partial charge >= 0.3 is 5.43 Å². The number of hydrogen-bond donors (Lipinski definition) is 0. The van der Waals surface area contributed by atoms with Gasteiger partial charge in [0.1, 0.15) is 6.10 Å². The van der Waals surface area contributed by atoms with E-state index in [0.717, 1.165) is 54.8 Å². The summed E-state index contributed by atoms with van der Waals surface area (Å²) in [6, 6.07) is 0. The molecule has 0 bridgehead atoms. The first-order valence-electron chi connectivity index (χ1n) is 13.2. The lowest BCUT2D eigenvalue weighted by Gasteiger charge is -2.58. The molecule has 31 heavy (non-hydrogen) atoms. The highest BCUT2D eigenvalue weighted by Crippen LogP contribution is 2.67. The Bertz CT molecular complexity index is 699. The molecule has 0 aromatic rings. The number of fused-ring (bicyclic) bond motifs is 5. The van der Waals surface area contributed by atoms with Gasteiger partial charge in [-0.3, -0.25) is 0 Å². The zero-order valence-corrected chi connectivity index (χ0v) is 21.3. The molecule has 0 aromatic carbocycles. The molecule has 3 fully saturated rings. The molecule has 4 aliphatic carbocycles. The van der Waals surface area contributed by atoms with E-state index in [1.807, 2.05) is 0 Å². The number of ether oxygens (including phenoxy) is 1. The van der Waals surface area contributed by atoms with Crippen LogP contribution in [0.3, 0.4) is 0 Å². The predicted molar refractivity (Wildman–Crippen MR) is 129 cm³/mol. The molecule has 176 valence electrons. The first-order chi connectivity index (χ1) is 14.6. The minimum absolute atomic E-state index is 0.0164. The van der Waals surface area contributed by atoms with Gasteiger partial charge in [-0.15, -0.1) is 0 Å². The van der Waals surface area contributed by atoms with Crippen molar-refractivity contribution in [2.45, 2.75) is 111 Å². The Hall–Kier alpha value is -0.500. The summed E-state index contributed by atoms with van der Waals surface area (Å²) in [5.74, 6) is 5.19. The summed E-state index contributed by atoms with van der Waals surface area (Å²) < 4.78 is 5.38. The van der Waals surface area contributed by atoms with Crippen LogP contribution in [0.1, 0.15) is 105 Å². The Kier molecular flexibility index (Phi) is 6.89. The highest BCUT2D eigenvalue weighted by Gasteiger charge is 2.59. The Morgan fingerprint density at radius 3 is 2.58 bits per heavy atom. The van der Waals surface area contributed by atoms with E-state index in [1.54, 1.807) is 5.57 Å². The summed E-state index contributed by atoms with van der Waals surface area (Å²) in [7, 11) is 0. The zero-order valence-electron chi connectivity index (χ0n) is 20.6. The second kappa shape index (κ2) is 9.03. The Balaban J connectivity index is 1.47. The molecule has 2 nitrogen and oxygen atoms in total. The summed E-state index contributed by atoms with van der Waals surface area (Å²) in [4.78, 5) is 11.2. The maximum Gasteiger partial charge on any atom is 0.404 e. The largest absolute Gasteiger partial charge is 0.450 e. The van der Waals surface area contributed by atoms with Crippen molar-refractivity contribution in [3.63, 3.8) is 0 Å². The van der Waals surface area contributed by atoms with E-state index in [1.165, 1.54) is 51.4 Å². The highest BCUT2D eigenvalue weighted by atomic mass is 35.5. The minimum atomic E-state index is -0.643. The van der Waals surface area contributed by atoms with Crippen molar-refractivity contribution in [3.8, 4) is 0 Å². The number of allylic oxidation sites excluding steroid dienone is 1. The molecule has 4 rings (SSSR count). The van der Waals surface area contributed by atoms with Gasteiger partial charge < -0.3 is 4.74 Å². The van der Waals surface area contributed by atoms with Gasteiger partial charge in [-0.05, 0) is 91.3 Å². The number of rotatable bonds is 6. The van der Waals surface area contributed by atoms with Gasteiger partial charge in [-0.2, -0.15) is 0 Å². The second-order valence-electron chi connectivity index (χ2n) is 12.5. The second-order valence-corrected chi connectivity index (χ2v) is 12.8. The van der Waals surface area contributed by atoms with E-state index in [9.17, 15) is 4.79 Å². The molecule has 0 aromatic heterocycles. The van der Waals surface area contributed by atoms with E-state index < -0.39 is 5.43 Å². The average Bonchev–Trinajstić information content (AvgIpc) is 3.05. The average molecular weight is 449 g/mol. The summed E-state index contributed by atoms with van der Waals surface area (Å²) in [5.41, 5.74) is 1.77. The fourth-order valence-electron chi connectivity index (χ4n) is 8.88. The van der Waals surface area contributed by atoms with Crippen LogP contribution in [0.25, 0.3) is 0 Å². The van der Waals surface area contributed by atoms with Crippen molar-refractivity contribution >= 4 is 17.0 Å². The van der Waals surface area contributed by atoms with Crippen LogP contribution in [0.4, 0.5) is 4.79 Å². The first-order valence-corrected chi connectivity index (χ1v) is 13.6. The molecule has 0 unspecified atom stereocenters. The van der Waals surface area contributed by atoms with Gasteiger partial charge in [0.15, 0.2) is 0 Å². The highest BCUT2D eigenvalue weighted by molar-refractivity contribution is 6.61. The minimum Gasteiger partial charge on any atom is -0.450 e. The summed E-state index contributed by atoms with van der Waals surface area (Å²) in [6.45, 7) is 12.5. The van der Waals surface area contributed by atoms with E-state index in [4.69, 9.17) is 16.3 Å². The third-order valence-corrected chi connectivity index (χ3v) is 10.6. The van der Waals surface area contributed by atoms with Crippen LogP contribution in [-0.2, 0) is 4.74 Å². The normalized spacial score (nSPS) is 42.9. The lowest BCUT2D eigenvalue weighted by molar-refractivity contribution is -0.0573. The fraction of sp³-hybridized carbons (Fsp3) is 0.893. The summed E-state index contributed by atoms with van der Waals surface area (Å²) in [6.07, 6.45) is 16.7. The number of hydrogen-bond acceptors (Lipinski definition) is 2. The molecule has 3 saturated carbocycles. The molecule has 0 heterocycles. The van der Waals surface area contributed by atoms with Gasteiger partial charge in [0.25, 0.3) is 0 Å². The summed E-state index contributed by atoms with van der Waals surface area (Å²) >= 11 is 5.51. The van der Waals surface area contributed by atoms with Crippen molar-refractivity contribution in [2.24, 2.45) is 46.3 Å². The molecule has 4 aliphatic rings. The number of carbonyl (C=O) groups is 1. The number of halogens is 1. The topological polar surface area (TPSA) is 26.3 Å². The monoisotopic (exact) mass is 448 g/mol. The van der Waals surface area contributed by atoms with Gasteiger partial charge in [0.05, 0.1) is 0 Å². The first kappa shape index (κ1) is 23.7. The van der Waals surface area contributed by atoms with E-state index >= 15 is 0 Å². The van der Waals surface area contributed by atoms with Crippen LogP contribution in [0.5, 0.6) is 0 Å². The molecule has 0 spiro atoms. The Morgan fingerprint density at radius 2 is 1.87 bits per heavy atom. The van der Waals surface area contributed by atoms with E-state index in [2.05, 4.69) is 40.7 Å².